The molecule has 0 aliphatic rings. The number of carbonyl (C=O) groups is 1. The lowest BCUT2D eigenvalue weighted by Gasteiger charge is -2.02. The molecule has 0 aliphatic carbocycles. The van der Waals surface area contributed by atoms with E-state index in [0.717, 1.165) is 0 Å². The Morgan fingerprint density at radius 2 is 2.23 bits per heavy atom. The summed E-state index contributed by atoms with van der Waals surface area (Å²) in [6, 6.07) is 1.38. The first kappa shape index (κ1) is 10.2. The maximum atomic E-state index is 10.8. The number of nitrogens with two attached hydrogens (primary N) is 1. The van der Waals surface area contributed by atoms with Crippen LogP contribution in [0.15, 0.2) is 6.07 Å². The second kappa shape index (κ2) is 4.36. The van der Waals surface area contributed by atoms with Gasteiger partial charge in [-0.2, -0.15) is 0 Å². The normalized spacial score (nSPS) is 9.77. The van der Waals surface area contributed by atoms with Crippen molar-refractivity contribution in [1.82, 2.24) is 9.97 Å². The topological polar surface area (TPSA) is 80.9 Å². The largest absolute Gasteiger partial charge is 0.322 e. The van der Waals surface area contributed by atoms with E-state index in [2.05, 4.69) is 15.3 Å². The molecule has 0 bridgehead atoms. The van der Waals surface area contributed by atoms with Crippen molar-refractivity contribution in [2.24, 2.45) is 5.73 Å². The summed E-state index contributed by atoms with van der Waals surface area (Å²) in [5, 5.41) is 2.52. The van der Waals surface area contributed by atoms with Crippen molar-refractivity contribution in [3.8, 4) is 0 Å². The van der Waals surface area contributed by atoms with E-state index in [4.69, 9.17) is 28.9 Å². The van der Waals surface area contributed by atoms with E-state index in [1.165, 1.54) is 6.07 Å². The average Bonchev–Trinajstić information content (AvgIpc) is 2.02. The summed E-state index contributed by atoms with van der Waals surface area (Å²) in [5.74, 6) is -0.133. The van der Waals surface area contributed by atoms with E-state index in [9.17, 15) is 4.79 Å². The van der Waals surface area contributed by atoms with Crippen molar-refractivity contribution < 1.29 is 4.79 Å². The van der Waals surface area contributed by atoms with Gasteiger partial charge in [0, 0.05) is 6.07 Å². The fourth-order valence-electron chi connectivity index (χ4n) is 0.648. The molecule has 70 valence electrons. The van der Waals surface area contributed by atoms with Crippen LogP contribution in [0.2, 0.25) is 10.4 Å². The number of rotatable bonds is 2. The first-order valence-electron chi connectivity index (χ1n) is 3.32. The van der Waals surface area contributed by atoms with Crippen LogP contribution in [0.25, 0.3) is 0 Å². The summed E-state index contributed by atoms with van der Waals surface area (Å²) in [6.45, 7) is -0.126. The van der Waals surface area contributed by atoms with Gasteiger partial charge >= 0.3 is 0 Å². The fraction of sp³-hybridized carbons (Fsp3) is 0.167. The van der Waals surface area contributed by atoms with Crippen LogP contribution in [0, 0.1) is 0 Å². The van der Waals surface area contributed by atoms with Crippen molar-refractivity contribution in [2.75, 3.05) is 11.9 Å². The molecule has 0 aliphatic heterocycles. The van der Waals surface area contributed by atoms with Crippen LogP contribution in [-0.4, -0.2) is 22.4 Å². The molecule has 1 rings (SSSR count). The Bertz CT molecular complexity index is 310. The van der Waals surface area contributed by atoms with Crippen molar-refractivity contribution in [3.63, 3.8) is 0 Å². The first-order chi connectivity index (χ1) is 6.11. The maximum absolute atomic E-state index is 10.8. The number of halogens is 2. The van der Waals surface area contributed by atoms with Gasteiger partial charge in [-0.1, -0.05) is 11.6 Å². The fourth-order valence-corrected chi connectivity index (χ4v) is 1.06. The van der Waals surface area contributed by atoms with Crippen LogP contribution < -0.4 is 11.1 Å². The molecular weight excluding hydrogens is 215 g/mol. The lowest BCUT2D eigenvalue weighted by atomic mass is 10.5. The number of hydrogen-bond acceptors (Lipinski definition) is 4. The predicted octanol–water partition coefficient (Wildman–Crippen LogP) is 0.681. The minimum absolute atomic E-state index is 0.0279. The molecule has 0 spiro atoms. The molecule has 1 amide bonds. The highest BCUT2D eigenvalue weighted by Gasteiger charge is 2.03. The van der Waals surface area contributed by atoms with Crippen LogP contribution in [0.4, 0.5) is 5.82 Å². The number of hydrogen-bond donors (Lipinski definition) is 2. The Kier molecular flexibility index (Phi) is 3.41. The van der Waals surface area contributed by atoms with Gasteiger partial charge in [0.25, 0.3) is 0 Å². The summed E-state index contributed by atoms with van der Waals surface area (Å²) in [4.78, 5) is 18.1. The molecule has 0 saturated carbocycles. The van der Waals surface area contributed by atoms with Gasteiger partial charge in [0.2, 0.25) is 11.2 Å². The van der Waals surface area contributed by atoms with E-state index < -0.39 is 0 Å². The number of aromatic nitrogens is 2. The first-order valence-corrected chi connectivity index (χ1v) is 4.07. The molecule has 3 N–H and O–H groups in total. The minimum Gasteiger partial charge on any atom is -0.322 e. The van der Waals surface area contributed by atoms with Crippen molar-refractivity contribution in [2.45, 2.75) is 0 Å². The lowest BCUT2D eigenvalue weighted by Crippen LogP contribution is -2.22. The molecule has 0 aromatic carbocycles. The molecule has 5 nitrogen and oxygen atoms in total. The molecule has 0 atom stereocenters. The number of nitrogens with one attached hydrogen (secondary N) is 1. The molecule has 1 aromatic heterocycles. The highest BCUT2D eigenvalue weighted by molar-refractivity contribution is 6.32. The van der Waals surface area contributed by atoms with Gasteiger partial charge in [-0.15, -0.1) is 0 Å². The smallest absolute Gasteiger partial charge is 0.239 e. The molecular formula is C6H6Cl2N4O. The zero-order chi connectivity index (χ0) is 9.84. The zero-order valence-electron chi connectivity index (χ0n) is 6.42. The number of carbonyl (C=O) groups excluding carboxylic acids is 1. The molecule has 1 aromatic rings. The van der Waals surface area contributed by atoms with Gasteiger partial charge in [0.05, 0.1) is 6.54 Å². The number of nitrogens with zero attached hydrogens (tertiary/aromatic N) is 2. The molecule has 13 heavy (non-hydrogen) atoms. The Hall–Kier alpha value is -0.910. The minimum atomic E-state index is -0.370. The summed E-state index contributed by atoms with van der Waals surface area (Å²) in [5.41, 5.74) is 5.07. The zero-order valence-corrected chi connectivity index (χ0v) is 7.93. The van der Waals surface area contributed by atoms with E-state index in [1.54, 1.807) is 0 Å². The van der Waals surface area contributed by atoms with Gasteiger partial charge in [0.1, 0.15) is 11.0 Å². The third-order valence-electron chi connectivity index (χ3n) is 1.12. The highest BCUT2D eigenvalue weighted by Crippen LogP contribution is 2.13. The summed E-state index contributed by atoms with van der Waals surface area (Å²) in [6.07, 6.45) is 0. The van der Waals surface area contributed by atoms with Gasteiger partial charge in [-0.05, 0) is 11.6 Å². The predicted molar refractivity (Wildman–Crippen MR) is 49.7 cm³/mol. The maximum Gasteiger partial charge on any atom is 0.239 e. The molecule has 0 saturated heterocycles. The standard InChI is InChI=1S/C6H6Cl2N4O/c7-3-1-4(11-5(13)2-9)12-6(8)10-3/h1H,2,9H2,(H,10,11,12,13). The Morgan fingerprint density at radius 3 is 2.77 bits per heavy atom. The van der Waals surface area contributed by atoms with E-state index >= 15 is 0 Å². The Labute approximate surface area is 84.3 Å². The Morgan fingerprint density at radius 1 is 1.54 bits per heavy atom. The van der Waals surface area contributed by atoms with Crippen molar-refractivity contribution in [3.05, 3.63) is 16.5 Å². The number of amides is 1. The van der Waals surface area contributed by atoms with Crippen LogP contribution in [0.3, 0.4) is 0 Å². The summed E-state index contributed by atoms with van der Waals surface area (Å²) < 4.78 is 0. The molecule has 7 heteroatoms. The van der Waals surface area contributed by atoms with Crippen molar-refractivity contribution >= 4 is 34.9 Å². The molecule has 0 fully saturated rings. The second-order valence-corrected chi connectivity index (χ2v) is 2.82. The highest BCUT2D eigenvalue weighted by atomic mass is 35.5. The Balaban J connectivity index is 2.83. The van der Waals surface area contributed by atoms with Gasteiger partial charge < -0.3 is 11.1 Å². The van der Waals surface area contributed by atoms with Gasteiger partial charge in [-0.3, -0.25) is 4.79 Å². The third-order valence-corrected chi connectivity index (χ3v) is 1.48. The van der Waals surface area contributed by atoms with Crippen LogP contribution >= 0.6 is 23.2 Å². The number of anilines is 1. The summed E-state index contributed by atoms with van der Waals surface area (Å²) >= 11 is 11.0. The van der Waals surface area contributed by atoms with Crippen LogP contribution in [0.1, 0.15) is 0 Å². The van der Waals surface area contributed by atoms with Gasteiger partial charge in [-0.25, -0.2) is 9.97 Å². The third kappa shape index (κ3) is 3.14. The second-order valence-electron chi connectivity index (χ2n) is 2.10. The average molecular weight is 221 g/mol. The van der Waals surface area contributed by atoms with Crippen LogP contribution in [0.5, 0.6) is 0 Å². The monoisotopic (exact) mass is 220 g/mol. The molecule has 1 heterocycles. The van der Waals surface area contributed by atoms with Crippen LogP contribution in [-0.2, 0) is 4.79 Å². The quantitative estimate of drug-likeness (QED) is 0.568. The summed E-state index contributed by atoms with van der Waals surface area (Å²) in [7, 11) is 0. The van der Waals surface area contributed by atoms with E-state index in [0.29, 0.717) is 0 Å². The molecule has 0 radical (unpaired) electrons. The van der Waals surface area contributed by atoms with E-state index in [-0.39, 0.29) is 28.7 Å². The SMILES string of the molecule is NCC(=O)Nc1cc(Cl)nc(Cl)n1. The lowest BCUT2D eigenvalue weighted by molar-refractivity contribution is -0.114. The van der Waals surface area contributed by atoms with Gasteiger partial charge in [0.15, 0.2) is 0 Å². The van der Waals surface area contributed by atoms with E-state index in [1.807, 2.05) is 0 Å². The molecule has 0 unspecified atom stereocenters. The van der Waals surface area contributed by atoms with Crippen molar-refractivity contribution in [1.29, 1.82) is 0 Å².